The highest BCUT2D eigenvalue weighted by molar-refractivity contribution is 7.12. The predicted molar refractivity (Wildman–Crippen MR) is 136 cm³/mol. The Labute approximate surface area is 211 Å². The molecule has 194 valence electrons. The molecular weight excluding hydrogens is 486 g/mol. The van der Waals surface area contributed by atoms with E-state index in [4.69, 9.17) is 15.6 Å². The van der Waals surface area contributed by atoms with Crippen molar-refractivity contribution in [1.82, 2.24) is 20.3 Å². The van der Waals surface area contributed by atoms with Gasteiger partial charge in [0, 0.05) is 12.1 Å². The number of nitrogen functional groups attached to an aromatic ring is 1. The minimum absolute atomic E-state index is 0.0507. The Bertz CT molecular complexity index is 1280. The Morgan fingerprint density at radius 3 is 2.72 bits per heavy atom. The zero-order valence-electron chi connectivity index (χ0n) is 20.3. The van der Waals surface area contributed by atoms with Crippen molar-refractivity contribution in [3.05, 3.63) is 44.0 Å². The molecule has 0 bridgehead atoms. The quantitative estimate of drug-likeness (QED) is 0.169. The van der Waals surface area contributed by atoms with Crippen LogP contribution in [-0.2, 0) is 27.2 Å². The van der Waals surface area contributed by atoms with Gasteiger partial charge < -0.3 is 25.9 Å². The minimum atomic E-state index is -1.05. The highest BCUT2D eigenvalue weighted by atomic mass is 32.1. The molecule has 0 spiro atoms. The van der Waals surface area contributed by atoms with Gasteiger partial charge in [-0.25, -0.2) is 4.79 Å². The van der Waals surface area contributed by atoms with Crippen molar-refractivity contribution >= 4 is 46.2 Å². The number of unbranched alkanes of at least 4 members (excludes halogenated alkanes) is 1. The normalized spacial score (nSPS) is 12.8. The summed E-state index contributed by atoms with van der Waals surface area (Å²) in [4.78, 5) is 58.6. The number of nitrogens with one attached hydrogen (secondary N) is 3. The van der Waals surface area contributed by atoms with E-state index in [2.05, 4.69) is 20.3 Å². The van der Waals surface area contributed by atoms with Crippen molar-refractivity contribution in [1.29, 1.82) is 0 Å². The van der Waals surface area contributed by atoms with E-state index in [1.807, 2.05) is 18.4 Å². The summed E-state index contributed by atoms with van der Waals surface area (Å²) >= 11 is 1.27. The highest BCUT2D eigenvalue weighted by Gasteiger charge is 2.26. The fourth-order valence-corrected chi connectivity index (χ4v) is 4.55. The number of aromatic amines is 2. The summed E-state index contributed by atoms with van der Waals surface area (Å²) in [6.45, 7) is 3.61. The number of thiophene rings is 1. The molecule has 0 fully saturated rings. The summed E-state index contributed by atoms with van der Waals surface area (Å²) in [6, 6.07) is 2.60. The van der Waals surface area contributed by atoms with Crippen LogP contribution in [0.5, 0.6) is 0 Å². The number of carbonyl (C=O) groups is 3. The Hall–Kier alpha value is -3.67. The van der Waals surface area contributed by atoms with Crippen LogP contribution in [0.15, 0.2) is 22.3 Å². The Balaban J connectivity index is 1.57. The number of anilines is 1. The van der Waals surface area contributed by atoms with Gasteiger partial charge in [-0.15, -0.1) is 11.3 Å². The van der Waals surface area contributed by atoms with Crippen LogP contribution in [0.25, 0.3) is 11.0 Å². The second-order valence-corrected chi connectivity index (χ2v) is 9.52. The third-order valence-electron chi connectivity index (χ3n) is 5.80. The average Bonchev–Trinajstić information content (AvgIpc) is 3.46. The van der Waals surface area contributed by atoms with Crippen LogP contribution in [0.4, 0.5) is 5.95 Å². The van der Waals surface area contributed by atoms with Crippen LogP contribution in [0.2, 0.25) is 0 Å². The van der Waals surface area contributed by atoms with E-state index in [9.17, 15) is 19.2 Å². The van der Waals surface area contributed by atoms with Crippen molar-refractivity contribution < 1.29 is 24.2 Å². The Morgan fingerprint density at radius 1 is 1.25 bits per heavy atom. The molecule has 0 saturated heterocycles. The molecule has 3 aromatic rings. The number of nitrogens with zero attached hydrogens (tertiary/aromatic N) is 1. The Morgan fingerprint density at radius 2 is 2.00 bits per heavy atom. The number of esters is 1. The zero-order chi connectivity index (χ0) is 26.2. The molecule has 0 aliphatic carbocycles. The van der Waals surface area contributed by atoms with Crippen molar-refractivity contribution in [3.63, 3.8) is 0 Å². The number of rotatable bonds is 13. The number of carbonyl (C=O) groups excluding carboxylic acids is 2. The monoisotopic (exact) mass is 517 g/mol. The second kappa shape index (κ2) is 12.3. The molecule has 3 rings (SSSR count). The van der Waals surface area contributed by atoms with Gasteiger partial charge in [0.1, 0.15) is 11.7 Å². The number of hydrogen-bond acceptors (Lipinski definition) is 8. The lowest BCUT2D eigenvalue weighted by molar-refractivity contribution is -0.151. The molecule has 0 radical (unpaired) electrons. The molecule has 2 unspecified atom stereocenters. The first-order valence-electron chi connectivity index (χ1n) is 11.8. The number of carboxylic acids is 1. The number of fused-ring (bicyclic) bond motifs is 1. The number of aryl methyl sites for hydroxylation is 2. The molecule has 11 nitrogen and oxygen atoms in total. The molecule has 0 saturated carbocycles. The topological polar surface area (TPSA) is 180 Å². The van der Waals surface area contributed by atoms with Crippen LogP contribution in [0.3, 0.4) is 0 Å². The highest BCUT2D eigenvalue weighted by Crippen LogP contribution is 2.21. The molecule has 36 heavy (non-hydrogen) atoms. The minimum Gasteiger partial charge on any atom is -0.481 e. The van der Waals surface area contributed by atoms with E-state index >= 15 is 0 Å². The lowest BCUT2D eigenvalue weighted by atomic mass is 10.1. The first-order chi connectivity index (χ1) is 17.2. The number of aliphatic carboxylic acids is 1. The van der Waals surface area contributed by atoms with E-state index in [1.165, 1.54) is 11.3 Å². The van der Waals surface area contributed by atoms with E-state index in [0.29, 0.717) is 35.2 Å². The fourth-order valence-electron chi connectivity index (χ4n) is 3.69. The summed E-state index contributed by atoms with van der Waals surface area (Å²) in [5.74, 6) is -2.05. The molecule has 0 aliphatic rings. The first-order valence-corrected chi connectivity index (χ1v) is 12.7. The predicted octanol–water partition coefficient (Wildman–Crippen LogP) is 2.77. The third-order valence-corrected chi connectivity index (χ3v) is 6.75. The van der Waals surface area contributed by atoms with Crippen molar-refractivity contribution in [2.24, 2.45) is 0 Å². The van der Waals surface area contributed by atoms with Crippen LogP contribution >= 0.6 is 11.3 Å². The molecule has 6 N–H and O–H groups in total. The maximum absolute atomic E-state index is 12.9. The largest absolute Gasteiger partial charge is 0.481 e. The van der Waals surface area contributed by atoms with Gasteiger partial charge >= 0.3 is 11.9 Å². The number of amides is 1. The Kier molecular flexibility index (Phi) is 9.23. The fraction of sp³-hybridized carbons (Fsp3) is 0.458. The summed E-state index contributed by atoms with van der Waals surface area (Å²) in [7, 11) is 0. The van der Waals surface area contributed by atoms with Gasteiger partial charge in [0.05, 0.1) is 16.4 Å². The van der Waals surface area contributed by atoms with Gasteiger partial charge in [0.15, 0.2) is 0 Å². The van der Waals surface area contributed by atoms with Gasteiger partial charge in [0.2, 0.25) is 5.95 Å². The van der Waals surface area contributed by atoms with Crippen molar-refractivity contribution in [2.45, 2.75) is 70.9 Å². The number of carboxylic acid groups (broad SMARTS) is 1. The number of nitrogens with two attached hydrogens (primary N) is 1. The smallest absolute Gasteiger partial charge is 0.328 e. The first kappa shape index (κ1) is 26.9. The standard InChI is InChI=1S/C24H31N5O6S/c1-3-13(2)35-23(34)17(8-9-18(30)31)27-22(33)19-14(10-11-36-19)6-4-5-7-15-12-16-20(26-15)28-24(25)29-21(16)32/h10-13,17H,3-9H2,1-2H3,(H,27,33)(H,30,31)(H4,25,26,28,29,32). The summed E-state index contributed by atoms with van der Waals surface area (Å²) in [6.07, 6.45) is 2.90. The summed E-state index contributed by atoms with van der Waals surface area (Å²) in [5, 5.41) is 13.9. The van der Waals surface area contributed by atoms with Crippen LogP contribution in [0.1, 0.15) is 66.9 Å². The SMILES string of the molecule is CCC(C)OC(=O)C(CCC(=O)O)NC(=O)c1sccc1CCCCc1cc2c(=O)[nH]c(N)nc2[nH]1. The maximum atomic E-state index is 12.9. The second-order valence-electron chi connectivity index (χ2n) is 8.60. The van der Waals surface area contributed by atoms with E-state index in [-0.39, 0.29) is 30.5 Å². The molecule has 3 aromatic heterocycles. The number of H-pyrrole nitrogens is 2. The third kappa shape index (κ3) is 7.17. The van der Waals surface area contributed by atoms with Crippen LogP contribution < -0.4 is 16.6 Å². The van der Waals surface area contributed by atoms with Gasteiger partial charge in [-0.2, -0.15) is 4.98 Å². The maximum Gasteiger partial charge on any atom is 0.328 e. The van der Waals surface area contributed by atoms with Crippen LogP contribution in [-0.4, -0.2) is 50.1 Å². The lowest BCUT2D eigenvalue weighted by Crippen LogP contribution is -2.43. The molecule has 2 atom stereocenters. The van der Waals surface area contributed by atoms with E-state index in [0.717, 1.165) is 24.1 Å². The van der Waals surface area contributed by atoms with Gasteiger partial charge in [-0.3, -0.25) is 19.4 Å². The van der Waals surface area contributed by atoms with Gasteiger partial charge in [-0.1, -0.05) is 6.92 Å². The molecule has 12 heteroatoms. The van der Waals surface area contributed by atoms with Crippen molar-refractivity contribution in [3.8, 4) is 0 Å². The molecular formula is C24H31N5O6S. The lowest BCUT2D eigenvalue weighted by Gasteiger charge is -2.19. The van der Waals surface area contributed by atoms with Gasteiger partial charge in [0.25, 0.3) is 11.5 Å². The number of ether oxygens (including phenoxy) is 1. The molecule has 1 amide bonds. The summed E-state index contributed by atoms with van der Waals surface area (Å²) in [5.41, 5.74) is 7.47. The molecule has 0 aliphatic heterocycles. The summed E-state index contributed by atoms with van der Waals surface area (Å²) < 4.78 is 5.32. The van der Waals surface area contributed by atoms with E-state index in [1.54, 1.807) is 13.0 Å². The average molecular weight is 518 g/mol. The van der Waals surface area contributed by atoms with Crippen LogP contribution in [0, 0.1) is 0 Å². The van der Waals surface area contributed by atoms with Crippen molar-refractivity contribution in [2.75, 3.05) is 5.73 Å². The van der Waals surface area contributed by atoms with Gasteiger partial charge in [-0.05, 0) is 68.5 Å². The number of hydrogen-bond donors (Lipinski definition) is 5. The number of aromatic nitrogens is 3. The molecule has 0 aromatic carbocycles. The van der Waals surface area contributed by atoms with E-state index < -0.39 is 23.9 Å². The zero-order valence-corrected chi connectivity index (χ0v) is 21.1. The molecule has 3 heterocycles.